The molecule has 0 bridgehead atoms. The molecule has 0 aliphatic heterocycles. The van der Waals surface area contributed by atoms with Crippen LogP contribution >= 0.6 is 11.6 Å². The SMILES string of the molecule is Cc1ccc(C(=O)C(=O)O)c(Cl)n1. The Morgan fingerprint density at radius 2 is 2.08 bits per heavy atom. The lowest BCUT2D eigenvalue weighted by molar-refractivity contribution is -0.131. The molecule has 1 rings (SSSR count). The quantitative estimate of drug-likeness (QED) is 0.443. The number of aromatic nitrogens is 1. The van der Waals surface area contributed by atoms with Crippen molar-refractivity contribution in [2.45, 2.75) is 6.92 Å². The molecule has 0 fully saturated rings. The lowest BCUT2D eigenvalue weighted by atomic mass is 10.2. The molecule has 0 unspecified atom stereocenters. The van der Waals surface area contributed by atoms with Gasteiger partial charge in [0.25, 0.3) is 5.78 Å². The normalized spacial score (nSPS) is 9.69. The number of nitrogens with zero attached hydrogens (tertiary/aromatic N) is 1. The molecule has 13 heavy (non-hydrogen) atoms. The number of carbonyl (C=O) groups is 2. The molecular weight excluding hydrogens is 194 g/mol. The number of carboxylic acid groups (broad SMARTS) is 1. The summed E-state index contributed by atoms with van der Waals surface area (Å²) >= 11 is 5.57. The molecule has 1 aromatic heterocycles. The predicted molar refractivity (Wildman–Crippen MR) is 46.0 cm³/mol. The van der Waals surface area contributed by atoms with Gasteiger partial charge < -0.3 is 5.11 Å². The van der Waals surface area contributed by atoms with Gasteiger partial charge in [0, 0.05) is 5.69 Å². The molecular formula is C8H6ClNO3. The van der Waals surface area contributed by atoms with Crippen molar-refractivity contribution in [3.8, 4) is 0 Å². The van der Waals surface area contributed by atoms with E-state index < -0.39 is 11.8 Å². The first-order chi connectivity index (χ1) is 6.02. The van der Waals surface area contributed by atoms with E-state index in [9.17, 15) is 9.59 Å². The highest BCUT2D eigenvalue weighted by Crippen LogP contribution is 2.13. The molecule has 1 N–H and O–H groups in total. The summed E-state index contributed by atoms with van der Waals surface area (Å²) in [6.45, 7) is 1.70. The van der Waals surface area contributed by atoms with Gasteiger partial charge in [-0.2, -0.15) is 0 Å². The van der Waals surface area contributed by atoms with Crippen LogP contribution in [-0.4, -0.2) is 21.8 Å². The number of Topliss-reactive ketones (excluding diaryl/α,β-unsaturated/α-hetero) is 1. The van der Waals surface area contributed by atoms with Crippen LogP contribution in [0, 0.1) is 6.92 Å². The maximum atomic E-state index is 11.0. The second kappa shape index (κ2) is 3.53. The number of hydrogen-bond donors (Lipinski definition) is 1. The van der Waals surface area contributed by atoms with Crippen LogP contribution < -0.4 is 0 Å². The fourth-order valence-electron chi connectivity index (χ4n) is 0.810. The van der Waals surface area contributed by atoms with Crippen LogP contribution in [0.3, 0.4) is 0 Å². The third-order valence-corrected chi connectivity index (χ3v) is 1.71. The summed E-state index contributed by atoms with van der Waals surface area (Å²) in [6, 6.07) is 2.88. The molecule has 0 radical (unpaired) electrons. The number of rotatable bonds is 2. The largest absolute Gasteiger partial charge is 0.475 e. The standard InChI is InChI=1S/C8H6ClNO3/c1-4-2-3-5(7(9)10-4)6(11)8(12)13/h2-3H,1H3,(H,12,13). The van der Waals surface area contributed by atoms with Crippen molar-refractivity contribution in [1.29, 1.82) is 0 Å². The number of carbonyl (C=O) groups excluding carboxylic acids is 1. The molecule has 0 aliphatic rings. The maximum Gasteiger partial charge on any atom is 0.377 e. The zero-order chi connectivity index (χ0) is 10.0. The molecule has 0 spiro atoms. The van der Waals surface area contributed by atoms with Gasteiger partial charge in [-0.25, -0.2) is 9.78 Å². The topological polar surface area (TPSA) is 67.3 Å². The Kier molecular flexibility index (Phi) is 2.63. The van der Waals surface area contributed by atoms with Gasteiger partial charge in [-0.1, -0.05) is 11.6 Å². The van der Waals surface area contributed by atoms with Crippen molar-refractivity contribution in [3.63, 3.8) is 0 Å². The zero-order valence-corrected chi connectivity index (χ0v) is 7.50. The van der Waals surface area contributed by atoms with Gasteiger partial charge in [0.15, 0.2) is 0 Å². The summed E-state index contributed by atoms with van der Waals surface area (Å²) in [7, 11) is 0. The molecule has 0 atom stereocenters. The summed E-state index contributed by atoms with van der Waals surface area (Å²) in [6.07, 6.45) is 0. The summed E-state index contributed by atoms with van der Waals surface area (Å²) < 4.78 is 0. The molecule has 4 nitrogen and oxygen atoms in total. The van der Waals surface area contributed by atoms with Crippen LogP contribution in [0.1, 0.15) is 16.1 Å². The van der Waals surface area contributed by atoms with E-state index in [4.69, 9.17) is 16.7 Å². The zero-order valence-electron chi connectivity index (χ0n) is 6.74. The molecule has 5 heteroatoms. The van der Waals surface area contributed by atoms with Crippen molar-refractivity contribution in [2.24, 2.45) is 0 Å². The number of carboxylic acids is 1. The highest BCUT2D eigenvalue weighted by molar-refractivity contribution is 6.44. The third-order valence-electron chi connectivity index (χ3n) is 1.43. The minimum Gasteiger partial charge on any atom is -0.475 e. The molecule has 68 valence electrons. The predicted octanol–water partition coefficient (Wildman–Crippen LogP) is 1.31. The lowest BCUT2D eigenvalue weighted by Crippen LogP contribution is -2.13. The van der Waals surface area contributed by atoms with Crippen LogP contribution in [0.15, 0.2) is 12.1 Å². The van der Waals surface area contributed by atoms with Gasteiger partial charge in [-0.05, 0) is 19.1 Å². The first-order valence-electron chi connectivity index (χ1n) is 3.43. The average molecular weight is 200 g/mol. The maximum absolute atomic E-state index is 11.0. The molecule has 1 aromatic rings. The van der Waals surface area contributed by atoms with E-state index in [2.05, 4.69) is 4.98 Å². The van der Waals surface area contributed by atoms with Crippen molar-refractivity contribution >= 4 is 23.4 Å². The summed E-state index contributed by atoms with van der Waals surface area (Å²) in [5.41, 5.74) is 0.548. The Bertz CT molecular complexity index is 376. The van der Waals surface area contributed by atoms with Crippen LogP contribution in [0.5, 0.6) is 0 Å². The fourth-order valence-corrected chi connectivity index (χ4v) is 1.09. The fraction of sp³-hybridized carbons (Fsp3) is 0.125. The molecule has 0 saturated heterocycles. The van der Waals surface area contributed by atoms with Gasteiger partial charge in [0.1, 0.15) is 5.15 Å². The molecule has 0 aliphatic carbocycles. The number of aliphatic carboxylic acids is 1. The van der Waals surface area contributed by atoms with Crippen LogP contribution in [0.25, 0.3) is 0 Å². The second-order valence-electron chi connectivity index (χ2n) is 2.43. The average Bonchev–Trinajstić information content (AvgIpc) is 2.03. The number of aryl methyl sites for hydroxylation is 1. The van der Waals surface area contributed by atoms with E-state index in [0.717, 1.165) is 0 Å². The summed E-state index contributed by atoms with van der Waals surface area (Å²) in [5, 5.41) is 8.32. The summed E-state index contributed by atoms with van der Waals surface area (Å²) in [4.78, 5) is 25.0. The first kappa shape index (κ1) is 9.67. The highest BCUT2D eigenvalue weighted by atomic mass is 35.5. The van der Waals surface area contributed by atoms with Gasteiger partial charge >= 0.3 is 5.97 Å². The Balaban J connectivity index is 3.16. The van der Waals surface area contributed by atoms with Gasteiger partial charge in [-0.15, -0.1) is 0 Å². The van der Waals surface area contributed by atoms with E-state index in [1.807, 2.05) is 0 Å². The minimum absolute atomic E-state index is 0.0765. The highest BCUT2D eigenvalue weighted by Gasteiger charge is 2.18. The van der Waals surface area contributed by atoms with Crippen LogP contribution in [0.4, 0.5) is 0 Å². The minimum atomic E-state index is -1.53. The lowest BCUT2D eigenvalue weighted by Gasteiger charge is -1.99. The molecule has 0 amide bonds. The van der Waals surface area contributed by atoms with Gasteiger partial charge in [0.2, 0.25) is 0 Å². The third kappa shape index (κ3) is 2.03. The Morgan fingerprint density at radius 3 is 2.54 bits per heavy atom. The van der Waals surface area contributed by atoms with Gasteiger partial charge in [-0.3, -0.25) is 4.79 Å². The van der Waals surface area contributed by atoms with E-state index >= 15 is 0 Å². The molecule has 0 aromatic carbocycles. The summed E-state index contributed by atoms with van der Waals surface area (Å²) in [5.74, 6) is -2.58. The Labute approximate surface area is 79.2 Å². The molecule has 0 saturated carbocycles. The van der Waals surface area contributed by atoms with Crippen molar-refractivity contribution in [3.05, 3.63) is 28.5 Å². The van der Waals surface area contributed by atoms with E-state index in [1.165, 1.54) is 12.1 Å². The number of hydrogen-bond acceptors (Lipinski definition) is 3. The van der Waals surface area contributed by atoms with E-state index in [0.29, 0.717) is 5.69 Å². The van der Waals surface area contributed by atoms with E-state index in [-0.39, 0.29) is 10.7 Å². The van der Waals surface area contributed by atoms with Gasteiger partial charge in [0.05, 0.1) is 5.56 Å². The smallest absolute Gasteiger partial charge is 0.377 e. The molecule has 1 heterocycles. The van der Waals surface area contributed by atoms with Crippen LogP contribution in [-0.2, 0) is 4.79 Å². The second-order valence-corrected chi connectivity index (χ2v) is 2.78. The number of ketones is 1. The monoisotopic (exact) mass is 199 g/mol. The van der Waals surface area contributed by atoms with E-state index in [1.54, 1.807) is 6.92 Å². The number of pyridine rings is 1. The van der Waals surface area contributed by atoms with Crippen molar-refractivity contribution in [2.75, 3.05) is 0 Å². The Morgan fingerprint density at radius 1 is 1.46 bits per heavy atom. The van der Waals surface area contributed by atoms with Crippen molar-refractivity contribution in [1.82, 2.24) is 4.98 Å². The van der Waals surface area contributed by atoms with Crippen molar-refractivity contribution < 1.29 is 14.7 Å². The first-order valence-corrected chi connectivity index (χ1v) is 3.81. The Hall–Kier alpha value is -1.42. The number of halogens is 1. The van der Waals surface area contributed by atoms with Crippen LogP contribution in [0.2, 0.25) is 5.15 Å².